The molecule has 3 aromatic rings. The van der Waals surface area contributed by atoms with E-state index < -0.39 is 12.0 Å². The van der Waals surface area contributed by atoms with Crippen molar-refractivity contribution in [3.8, 4) is 0 Å². The lowest BCUT2D eigenvalue weighted by Crippen LogP contribution is -2.28. The van der Waals surface area contributed by atoms with E-state index in [1.165, 1.54) is 23.9 Å². The van der Waals surface area contributed by atoms with Gasteiger partial charge in [-0.25, -0.2) is 4.79 Å². The second kappa shape index (κ2) is 11.0. The Labute approximate surface area is 199 Å². The Hall–Kier alpha value is -3.37. The molecule has 172 valence electrons. The number of nitrogens with one attached hydrogen (secondary N) is 2. The van der Waals surface area contributed by atoms with Crippen LogP contribution in [-0.2, 0) is 11.3 Å². The predicted molar refractivity (Wildman–Crippen MR) is 126 cm³/mol. The molecule has 3 rings (SSSR count). The van der Waals surface area contributed by atoms with Crippen LogP contribution in [0.4, 0.5) is 5.69 Å². The molecule has 0 bridgehead atoms. The van der Waals surface area contributed by atoms with Crippen molar-refractivity contribution < 1.29 is 19.5 Å². The van der Waals surface area contributed by atoms with Gasteiger partial charge in [0.05, 0.1) is 17.4 Å². The zero-order valence-electron chi connectivity index (χ0n) is 17.9. The van der Waals surface area contributed by atoms with E-state index >= 15 is 0 Å². The summed E-state index contributed by atoms with van der Waals surface area (Å²) in [6, 6.07) is 12.2. The Kier molecular flexibility index (Phi) is 8.07. The highest BCUT2D eigenvalue weighted by Gasteiger charge is 2.20. The van der Waals surface area contributed by atoms with Gasteiger partial charge >= 0.3 is 5.97 Å². The van der Waals surface area contributed by atoms with Crippen molar-refractivity contribution in [2.24, 2.45) is 0 Å². The first kappa shape index (κ1) is 24.3. The van der Waals surface area contributed by atoms with Crippen LogP contribution in [0.3, 0.4) is 0 Å². The molecule has 0 aliphatic carbocycles. The van der Waals surface area contributed by atoms with E-state index in [0.29, 0.717) is 33.8 Å². The van der Waals surface area contributed by atoms with Gasteiger partial charge in [-0.3, -0.25) is 9.59 Å². The van der Waals surface area contributed by atoms with Crippen molar-refractivity contribution in [2.45, 2.75) is 31.6 Å². The Morgan fingerprint density at radius 2 is 1.85 bits per heavy atom. The summed E-state index contributed by atoms with van der Waals surface area (Å²) in [5.74, 6) is -1.01. The molecule has 1 heterocycles. The monoisotopic (exact) mass is 487 g/mol. The summed E-state index contributed by atoms with van der Waals surface area (Å²) in [5.41, 5.74) is 0.967. The molecule has 9 nitrogen and oxygen atoms in total. The van der Waals surface area contributed by atoms with Gasteiger partial charge in [0.15, 0.2) is 11.0 Å². The van der Waals surface area contributed by atoms with Crippen LogP contribution in [0.1, 0.15) is 46.4 Å². The summed E-state index contributed by atoms with van der Waals surface area (Å²) in [4.78, 5) is 35.9. The zero-order valence-corrected chi connectivity index (χ0v) is 19.5. The number of hydrogen-bond acceptors (Lipinski definition) is 6. The van der Waals surface area contributed by atoms with Gasteiger partial charge in [-0.15, -0.1) is 10.2 Å². The number of benzene rings is 2. The number of aromatic carboxylic acids is 1. The third kappa shape index (κ3) is 6.33. The summed E-state index contributed by atoms with van der Waals surface area (Å²) < 4.78 is 1.83. The summed E-state index contributed by atoms with van der Waals surface area (Å²) in [5, 5.41) is 24.1. The average Bonchev–Trinajstić information content (AvgIpc) is 3.21. The zero-order chi connectivity index (χ0) is 24.0. The number of halogens is 1. The van der Waals surface area contributed by atoms with Crippen molar-refractivity contribution in [1.29, 1.82) is 0 Å². The van der Waals surface area contributed by atoms with E-state index in [9.17, 15) is 14.4 Å². The summed E-state index contributed by atoms with van der Waals surface area (Å²) in [6.07, 6.45) is 0. The van der Waals surface area contributed by atoms with Crippen LogP contribution in [0.25, 0.3) is 0 Å². The van der Waals surface area contributed by atoms with Gasteiger partial charge in [-0.05, 0) is 56.3 Å². The molecule has 0 saturated carbocycles. The number of carboxylic acid groups (broad SMARTS) is 1. The second-order valence-electron chi connectivity index (χ2n) is 7.01. The van der Waals surface area contributed by atoms with E-state index in [-0.39, 0.29) is 23.1 Å². The molecule has 2 aromatic carbocycles. The van der Waals surface area contributed by atoms with Crippen molar-refractivity contribution in [1.82, 2.24) is 20.1 Å². The minimum atomic E-state index is -1.07. The molecule has 11 heteroatoms. The Bertz CT molecular complexity index is 1170. The van der Waals surface area contributed by atoms with E-state index in [0.717, 1.165) is 0 Å². The van der Waals surface area contributed by atoms with Crippen LogP contribution >= 0.6 is 23.4 Å². The molecule has 0 radical (unpaired) electrons. The van der Waals surface area contributed by atoms with Gasteiger partial charge in [0.2, 0.25) is 5.91 Å². The third-order valence-electron chi connectivity index (χ3n) is 4.63. The SMILES string of the molecule is CCn1c(SCC(=O)Nc2cccc(C(=O)O)c2)nnc1[C@H](C)NC(=O)c1ccc(Cl)cc1. The molecular formula is C22H22ClN5O4S. The van der Waals surface area contributed by atoms with Crippen LogP contribution in [0.5, 0.6) is 0 Å². The van der Waals surface area contributed by atoms with Crippen molar-refractivity contribution >= 4 is 46.8 Å². The van der Waals surface area contributed by atoms with Crippen molar-refractivity contribution in [3.63, 3.8) is 0 Å². The number of hydrogen-bond donors (Lipinski definition) is 3. The van der Waals surface area contributed by atoms with Gasteiger partial charge in [-0.1, -0.05) is 29.4 Å². The van der Waals surface area contributed by atoms with Gasteiger partial charge in [0.25, 0.3) is 5.91 Å². The highest BCUT2D eigenvalue weighted by atomic mass is 35.5. The molecule has 0 fully saturated rings. The minimum Gasteiger partial charge on any atom is -0.478 e. The van der Waals surface area contributed by atoms with Crippen molar-refractivity contribution in [2.75, 3.05) is 11.1 Å². The number of carbonyl (C=O) groups excluding carboxylic acids is 2. The number of carboxylic acids is 1. The molecule has 0 aliphatic heterocycles. The van der Waals surface area contributed by atoms with E-state index in [4.69, 9.17) is 16.7 Å². The highest BCUT2D eigenvalue weighted by molar-refractivity contribution is 7.99. The molecule has 3 N–H and O–H groups in total. The number of anilines is 1. The molecule has 0 unspecified atom stereocenters. The minimum absolute atomic E-state index is 0.0565. The first-order chi connectivity index (χ1) is 15.8. The largest absolute Gasteiger partial charge is 0.478 e. The molecule has 0 aliphatic rings. The molecule has 1 aromatic heterocycles. The standard InChI is InChI=1S/C22H22ClN5O4S/c1-3-28-19(13(2)24-20(30)14-7-9-16(23)10-8-14)26-27-22(28)33-12-18(29)25-17-6-4-5-15(11-17)21(31)32/h4-11,13H,3,12H2,1-2H3,(H,24,30)(H,25,29)(H,31,32)/t13-/m0/s1. The normalized spacial score (nSPS) is 11.6. The molecule has 0 spiro atoms. The fourth-order valence-corrected chi connectivity index (χ4v) is 3.96. The number of amides is 2. The smallest absolute Gasteiger partial charge is 0.335 e. The van der Waals surface area contributed by atoms with Gasteiger partial charge < -0.3 is 20.3 Å². The average molecular weight is 488 g/mol. The fourth-order valence-electron chi connectivity index (χ4n) is 3.03. The lowest BCUT2D eigenvalue weighted by molar-refractivity contribution is -0.113. The summed E-state index contributed by atoms with van der Waals surface area (Å²) in [7, 11) is 0. The van der Waals surface area contributed by atoms with Crippen LogP contribution in [-0.4, -0.2) is 43.4 Å². The van der Waals surface area contributed by atoms with E-state index in [1.807, 2.05) is 11.5 Å². The molecular weight excluding hydrogens is 466 g/mol. The molecule has 33 heavy (non-hydrogen) atoms. The lowest BCUT2D eigenvalue weighted by Gasteiger charge is -2.15. The maximum Gasteiger partial charge on any atom is 0.335 e. The van der Waals surface area contributed by atoms with Crippen LogP contribution in [0.2, 0.25) is 5.02 Å². The topological polar surface area (TPSA) is 126 Å². The maximum absolute atomic E-state index is 12.5. The maximum atomic E-state index is 12.5. The van der Waals surface area contributed by atoms with Crippen LogP contribution in [0.15, 0.2) is 53.7 Å². The summed E-state index contributed by atoms with van der Waals surface area (Å²) >= 11 is 7.07. The number of nitrogens with zero attached hydrogens (tertiary/aromatic N) is 3. The number of aromatic nitrogens is 3. The van der Waals surface area contributed by atoms with Crippen LogP contribution < -0.4 is 10.6 Å². The quantitative estimate of drug-likeness (QED) is 0.391. The third-order valence-corrected chi connectivity index (χ3v) is 5.85. The number of rotatable bonds is 9. The number of thioether (sulfide) groups is 1. The van der Waals surface area contributed by atoms with Crippen LogP contribution in [0, 0.1) is 0 Å². The number of carbonyl (C=O) groups is 3. The fraction of sp³-hybridized carbons (Fsp3) is 0.227. The lowest BCUT2D eigenvalue weighted by atomic mass is 10.2. The summed E-state index contributed by atoms with van der Waals surface area (Å²) in [6.45, 7) is 4.27. The van der Waals surface area contributed by atoms with E-state index in [1.54, 1.807) is 43.3 Å². The Morgan fingerprint density at radius 1 is 1.12 bits per heavy atom. The Morgan fingerprint density at radius 3 is 2.52 bits per heavy atom. The molecule has 0 saturated heterocycles. The van der Waals surface area contributed by atoms with Gasteiger partial charge in [0.1, 0.15) is 0 Å². The first-order valence-corrected chi connectivity index (χ1v) is 11.4. The van der Waals surface area contributed by atoms with E-state index in [2.05, 4.69) is 20.8 Å². The second-order valence-corrected chi connectivity index (χ2v) is 8.39. The molecule has 2 amide bonds. The van der Waals surface area contributed by atoms with Gasteiger partial charge in [-0.2, -0.15) is 0 Å². The van der Waals surface area contributed by atoms with Crippen molar-refractivity contribution in [3.05, 3.63) is 70.5 Å². The molecule has 1 atom stereocenters. The first-order valence-electron chi connectivity index (χ1n) is 10.0. The highest BCUT2D eigenvalue weighted by Crippen LogP contribution is 2.21. The predicted octanol–water partition coefficient (Wildman–Crippen LogP) is 3.87. The van der Waals surface area contributed by atoms with Gasteiger partial charge in [0, 0.05) is 22.8 Å². The Balaban J connectivity index is 1.62.